The molecule has 0 aliphatic carbocycles. The summed E-state index contributed by atoms with van der Waals surface area (Å²) in [6, 6.07) is 0. The standard InChI is InChI=1S/C32H56O27/c33-1-8(37)15(39)9(38)5-50-28-23(47)18(42)13(56-28)6-51-31-26(20(44)12(4-36)55-31)58-29-24(48)19(43)14(57-29)7-52-32-27(22(46)17(41)11(3-35)54-32)59-30-25(49)21(45)16(40)10(2-34)53-30/h8-49H,1-7H2/t8-,9-,10-,11-,12-,13-,14-,15+,16-,17-,18-,19-,20-,21+,22+,23+,24+,25+,26+,27+,28+,29+,30-,31+,32+/m1/s1. The average Bonchev–Trinajstić information content (AvgIpc) is 3.80. The van der Waals surface area contributed by atoms with Crippen LogP contribution in [0.1, 0.15) is 0 Å². The fourth-order valence-corrected chi connectivity index (χ4v) is 6.95. The molecule has 27 nitrogen and oxygen atoms in total. The zero-order valence-corrected chi connectivity index (χ0v) is 31.1. The predicted octanol–water partition coefficient (Wildman–Crippen LogP) is -11.9. The van der Waals surface area contributed by atoms with E-state index in [-0.39, 0.29) is 0 Å². The Morgan fingerprint density at radius 1 is 0.373 bits per heavy atom. The van der Waals surface area contributed by atoms with Gasteiger partial charge in [-0.15, -0.1) is 0 Å². The van der Waals surface area contributed by atoms with Crippen LogP contribution in [-0.2, 0) is 47.4 Å². The Hall–Kier alpha value is -1.08. The van der Waals surface area contributed by atoms with Crippen molar-refractivity contribution < 1.29 is 134 Å². The first-order chi connectivity index (χ1) is 28.0. The van der Waals surface area contributed by atoms with Crippen molar-refractivity contribution in [2.24, 2.45) is 0 Å². The van der Waals surface area contributed by atoms with E-state index in [0.717, 1.165) is 0 Å². The Balaban J connectivity index is 1.18. The molecule has 5 heterocycles. The smallest absolute Gasteiger partial charge is 0.187 e. The van der Waals surface area contributed by atoms with E-state index in [1.54, 1.807) is 0 Å². The largest absolute Gasteiger partial charge is 0.394 e. The van der Waals surface area contributed by atoms with Gasteiger partial charge in [-0.3, -0.25) is 0 Å². The second-order valence-corrected chi connectivity index (χ2v) is 14.7. The van der Waals surface area contributed by atoms with Crippen molar-refractivity contribution >= 4 is 0 Å². The molecule has 0 unspecified atom stereocenters. The van der Waals surface area contributed by atoms with Gasteiger partial charge in [-0.1, -0.05) is 0 Å². The topological polar surface area (TPSA) is 436 Å². The molecule has 0 spiro atoms. The van der Waals surface area contributed by atoms with Crippen LogP contribution in [0.2, 0.25) is 0 Å². The van der Waals surface area contributed by atoms with Gasteiger partial charge >= 0.3 is 0 Å². The third-order valence-electron chi connectivity index (χ3n) is 10.6. The van der Waals surface area contributed by atoms with Crippen molar-refractivity contribution in [1.82, 2.24) is 0 Å². The highest BCUT2D eigenvalue weighted by Gasteiger charge is 2.54. The quantitative estimate of drug-likeness (QED) is 0.0573. The van der Waals surface area contributed by atoms with Gasteiger partial charge in [0, 0.05) is 0 Å². The zero-order valence-electron chi connectivity index (χ0n) is 31.1. The van der Waals surface area contributed by atoms with Gasteiger partial charge in [0.1, 0.15) is 122 Å². The summed E-state index contributed by atoms with van der Waals surface area (Å²) in [7, 11) is 0. The summed E-state index contributed by atoms with van der Waals surface area (Å²) in [6.45, 7) is -5.25. The minimum atomic E-state index is -1.94. The molecule has 59 heavy (non-hydrogen) atoms. The van der Waals surface area contributed by atoms with E-state index >= 15 is 0 Å². The SMILES string of the molecule is OC[C@@H](O)[C@H](O)[C@H](O)CO[C@H]1O[C@H](CO[C@H]2O[C@H](CO)[C@@H](O)[C@@H]2O[C@@H]2O[C@H](CO[C@H]3O[C@H](CO)[C@@H](O)[C@H](O)[C@@H]3O[C@H]3O[C@H](CO)[C@@H](O)[C@H](O)[C@@H]3O)[C@@H](O)[C@@H]2O)[C@@H](O)[C@@H]1O. The Bertz CT molecular complexity index is 1260. The van der Waals surface area contributed by atoms with E-state index in [4.69, 9.17) is 52.5 Å². The molecule has 5 fully saturated rings. The first kappa shape index (κ1) is 48.9. The Morgan fingerprint density at radius 2 is 0.746 bits per heavy atom. The zero-order chi connectivity index (χ0) is 43.5. The molecule has 0 aromatic rings. The first-order valence-electron chi connectivity index (χ1n) is 18.7. The lowest BCUT2D eigenvalue weighted by molar-refractivity contribution is -0.369. The lowest BCUT2D eigenvalue weighted by Gasteiger charge is -2.46. The predicted molar refractivity (Wildman–Crippen MR) is 177 cm³/mol. The minimum absolute atomic E-state index is 0.585. The third kappa shape index (κ3) is 10.8. The van der Waals surface area contributed by atoms with Crippen LogP contribution in [0.3, 0.4) is 0 Å². The van der Waals surface area contributed by atoms with Gasteiger partial charge in [-0.25, -0.2) is 0 Å². The van der Waals surface area contributed by atoms with E-state index in [9.17, 15) is 81.7 Å². The van der Waals surface area contributed by atoms with Crippen LogP contribution in [0.5, 0.6) is 0 Å². The molecule has 5 aliphatic rings. The molecule has 0 aromatic heterocycles. The average molecular weight is 873 g/mol. The third-order valence-corrected chi connectivity index (χ3v) is 10.6. The summed E-state index contributed by atoms with van der Waals surface area (Å²) < 4.78 is 55.3. The number of aliphatic hydroxyl groups excluding tert-OH is 17. The molecule has 27 heteroatoms. The van der Waals surface area contributed by atoms with Gasteiger partial charge in [0.15, 0.2) is 31.5 Å². The molecule has 0 amide bonds. The van der Waals surface area contributed by atoms with Crippen molar-refractivity contribution in [3.63, 3.8) is 0 Å². The lowest BCUT2D eigenvalue weighted by Crippen LogP contribution is -2.64. The van der Waals surface area contributed by atoms with Crippen LogP contribution in [-0.4, -0.2) is 287 Å². The van der Waals surface area contributed by atoms with Crippen LogP contribution < -0.4 is 0 Å². The molecule has 5 saturated heterocycles. The normalized spacial score (nSPS) is 48.4. The Morgan fingerprint density at radius 3 is 1.24 bits per heavy atom. The van der Waals surface area contributed by atoms with Crippen molar-refractivity contribution in [2.75, 3.05) is 46.2 Å². The van der Waals surface area contributed by atoms with Crippen LogP contribution in [0, 0.1) is 0 Å². The molecule has 5 rings (SSSR count). The maximum atomic E-state index is 10.9. The summed E-state index contributed by atoms with van der Waals surface area (Å²) in [4.78, 5) is 0. The van der Waals surface area contributed by atoms with Gasteiger partial charge < -0.3 is 134 Å². The van der Waals surface area contributed by atoms with Crippen molar-refractivity contribution in [1.29, 1.82) is 0 Å². The number of ether oxygens (including phenoxy) is 10. The molecule has 25 atom stereocenters. The number of aliphatic hydroxyl groups is 17. The Labute approximate surface area is 334 Å². The maximum absolute atomic E-state index is 10.9. The summed E-state index contributed by atoms with van der Waals surface area (Å²) in [5.74, 6) is 0. The molecule has 17 N–H and O–H groups in total. The lowest BCUT2D eigenvalue weighted by atomic mass is 9.97. The van der Waals surface area contributed by atoms with Gasteiger partial charge in [0.25, 0.3) is 0 Å². The minimum Gasteiger partial charge on any atom is -0.394 e. The Kier molecular flexibility index (Phi) is 17.9. The molecule has 346 valence electrons. The summed E-state index contributed by atoms with van der Waals surface area (Å²) >= 11 is 0. The number of hydrogen-bond donors (Lipinski definition) is 17. The highest BCUT2D eigenvalue weighted by atomic mass is 16.8. The fourth-order valence-electron chi connectivity index (χ4n) is 6.95. The van der Waals surface area contributed by atoms with Crippen LogP contribution in [0.25, 0.3) is 0 Å². The van der Waals surface area contributed by atoms with Crippen LogP contribution in [0.15, 0.2) is 0 Å². The fraction of sp³-hybridized carbons (Fsp3) is 1.00. The highest BCUT2D eigenvalue weighted by molar-refractivity contribution is 4.96. The van der Waals surface area contributed by atoms with E-state index in [0.29, 0.717) is 0 Å². The summed E-state index contributed by atoms with van der Waals surface area (Å²) in [6.07, 6.45) is -42.0. The van der Waals surface area contributed by atoms with Gasteiger partial charge in [-0.05, 0) is 0 Å². The van der Waals surface area contributed by atoms with Crippen molar-refractivity contribution in [3.05, 3.63) is 0 Å². The number of hydrogen-bond acceptors (Lipinski definition) is 27. The van der Waals surface area contributed by atoms with E-state index < -0.39 is 200 Å². The van der Waals surface area contributed by atoms with E-state index in [1.165, 1.54) is 0 Å². The maximum Gasteiger partial charge on any atom is 0.187 e. The number of rotatable bonds is 19. The second-order valence-electron chi connectivity index (χ2n) is 14.7. The molecule has 5 aliphatic heterocycles. The molecule has 0 bridgehead atoms. The summed E-state index contributed by atoms with van der Waals surface area (Å²) in [5, 5.41) is 173. The van der Waals surface area contributed by atoms with Crippen molar-refractivity contribution in [3.8, 4) is 0 Å². The first-order valence-corrected chi connectivity index (χ1v) is 18.7. The van der Waals surface area contributed by atoms with Crippen molar-refractivity contribution in [2.45, 2.75) is 154 Å². The van der Waals surface area contributed by atoms with E-state index in [1.807, 2.05) is 0 Å². The van der Waals surface area contributed by atoms with Gasteiger partial charge in [0.05, 0.1) is 46.2 Å². The molecular weight excluding hydrogens is 816 g/mol. The van der Waals surface area contributed by atoms with Crippen LogP contribution >= 0.6 is 0 Å². The second kappa shape index (κ2) is 21.5. The highest BCUT2D eigenvalue weighted by Crippen LogP contribution is 2.34. The van der Waals surface area contributed by atoms with Crippen LogP contribution in [0.4, 0.5) is 0 Å². The van der Waals surface area contributed by atoms with Gasteiger partial charge in [0.2, 0.25) is 0 Å². The monoisotopic (exact) mass is 872 g/mol. The van der Waals surface area contributed by atoms with Gasteiger partial charge in [-0.2, -0.15) is 0 Å². The molecular formula is C32H56O27. The molecule has 0 aromatic carbocycles. The molecule has 0 saturated carbocycles. The molecule has 0 radical (unpaired) electrons. The summed E-state index contributed by atoms with van der Waals surface area (Å²) in [5.41, 5.74) is 0. The van der Waals surface area contributed by atoms with E-state index in [2.05, 4.69) is 0 Å².